The highest BCUT2D eigenvalue weighted by molar-refractivity contribution is 5.88. The summed E-state index contributed by atoms with van der Waals surface area (Å²) >= 11 is 0. The van der Waals surface area contributed by atoms with Gasteiger partial charge in [0.2, 0.25) is 0 Å². The highest BCUT2D eigenvalue weighted by atomic mass is 16.5. The standard InChI is InChI=1S/C21H28N4O2/c1-13-8-17(15-9-20(3,4)24-21(5,6)10-15)23-18-16(13)11-22-25(18)12-14(2)19(26)27-7/h8-9,11,24H,2,10,12H2,1,3-7H3. The van der Waals surface area contributed by atoms with Gasteiger partial charge in [-0.2, -0.15) is 5.10 Å². The van der Waals surface area contributed by atoms with E-state index in [1.54, 1.807) is 10.9 Å². The lowest BCUT2D eigenvalue weighted by Crippen LogP contribution is -2.53. The molecule has 3 heterocycles. The fourth-order valence-corrected chi connectivity index (χ4v) is 3.95. The summed E-state index contributed by atoms with van der Waals surface area (Å²) in [5.74, 6) is -0.434. The molecule has 6 nitrogen and oxygen atoms in total. The number of aryl methyl sites for hydroxylation is 1. The number of ether oxygens (including phenoxy) is 1. The lowest BCUT2D eigenvalue weighted by Gasteiger charge is -2.41. The Balaban J connectivity index is 2.06. The predicted octanol–water partition coefficient (Wildman–Crippen LogP) is 3.40. The van der Waals surface area contributed by atoms with Gasteiger partial charge in [0.15, 0.2) is 5.65 Å². The summed E-state index contributed by atoms with van der Waals surface area (Å²) in [4.78, 5) is 16.6. The van der Waals surface area contributed by atoms with Gasteiger partial charge in [-0.1, -0.05) is 12.7 Å². The molecule has 1 aliphatic rings. The Morgan fingerprint density at radius 3 is 2.70 bits per heavy atom. The highest BCUT2D eigenvalue weighted by Crippen LogP contribution is 2.34. The van der Waals surface area contributed by atoms with E-state index in [1.165, 1.54) is 12.7 Å². The Bertz CT molecular complexity index is 950. The van der Waals surface area contributed by atoms with Gasteiger partial charge in [-0.25, -0.2) is 14.5 Å². The number of methoxy groups -OCH3 is 1. The largest absolute Gasteiger partial charge is 0.466 e. The number of carbonyl (C=O) groups excluding carboxylic acids is 1. The molecular formula is C21H28N4O2. The molecule has 0 amide bonds. The molecule has 0 saturated carbocycles. The average Bonchev–Trinajstić information content (AvgIpc) is 2.94. The number of esters is 1. The van der Waals surface area contributed by atoms with Crippen molar-refractivity contribution in [3.05, 3.63) is 41.7 Å². The van der Waals surface area contributed by atoms with E-state index in [1.807, 2.05) is 0 Å². The van der Waals surface area contributed by atoms with Gasteiger partial charge in [-0.3, -0.25) is 0 Å². The van der Waals surface area contributed by atoms with Crippen molar-refractivity contribution < 1.29 is 9.53 Å². The third-order valence-electron chi connectivity index (χ3n) is 4.79. The van der Waals surface area contributed by atoms with E-state index in [0.29, 0.717) is 5.57 Å². The molecule has 0 unspecified atom stereocenters. The van der Waals surface area contributed by atoms with Gasteiger partial charge in [-0.05, 0) is 58.2 Å². The molecule has 0 atom stereocenters. The van der Waals surface area contributed by atoms with Gasteiger partial charge in [-0.15, -0.1) is 0 Å². The van der Waals surface area contributed by atoms with Gasteiger partial charge < -0.3 is 10.1 Å². The molecule has 0 aliphatic carbocycles. The summed E-state index contributed by atoms with van der Waals surface area (Å²) in [6.45, 7) is 14.9. The second kappa shape index (κ2) is 6.60. The van der Waals surface area contributed by atoms with Crippen LogP contribution in [0.1, 0.15) is 45.4 Å². The maximum atomic E-state index is 11.7. The number of aromatic nitrogens is 3. The summed E-state index contributed by atoms with van der Waals surface area (Å²) in [5.41, 5.74) is 4.25. The van der Waals surface area contributed by atoms with Crippen LogP contribution in [0.5, 0.6) is 0 Å². The molecule has 0 saturated heterocycles. The van der Waals surface area contributed by atoms with Crippen LogP contribution in [-0.2, 0) is 16.1 Å². The summed E-state index contributed by atoms with van der Waals surface area (Å²) in [6, 6.07) is 2.12. The fourth-order valence-electron chi connectivity index (χ4n) is 3.95. The smallest absolute Gasteiger partial charge is 0.335 e. The Morgan fingerprint density at radius 2 is 2.07 bits per heavy atom. The van der Waals surface area contributed by atoms with Crippen LogP contribution in [0.4, 0.5) is 0 Å². The first-order chi connectivity index (χ1) is 12.5. The van der Waals surface area contributed by atoms with Crippen molar-refractivity contribution in [3.63, 3.8) is 0 Å². The quantitative estimate of drug-likeness (QED) is 0.662. The topological polar surface area (TPSA) is 69.0 Å². The Morgan fingerprint density at radius 1 is 1.37 bits per heavy atom. The number of pyridine rings is 1. The second-order valence-electron chi connectivity index (χ2n) is 8.54. The van der Waals surface area contributed by atoms with Crippen LogP contribution in [0, 0.1) is 6.92 Å². The zero-order valence-corrected chi connectivity index (χ0v) is 17.0. The van der Waals surface area contributed by atoms with Crippen molar-refractivity contribution in [1.82, 2.24) is 20.1 Å². The van der Waals surface area contributed by atoms with Crippen LogP contribution < -0.4 is 5.32 Å². The molecule has 1 N–H and O–H groups in total. The zero-order chi connectivity index (χ0) is 20.0. The van der Waals surface area contributed by atoms with Crippen molar-refractivity contribution in [3.8, 4) is 0 Å². The Hall–Kier alpha value is -2.47. The van der Waals surface area contributed by atoms with E-state index in [0.717, 1.165) is 28.7 Å². The molecule has 1 aliphatic heterocycles. The summed E-state index contributed by atoms with van der Waals surface area (Å²) in [7, 11) is 1.35. The second-order valence-corrected chi connectivity index (χ2v) is 8.54. The number of carbonyl (C=O) groups is 1. The molecule has 0 spiro atoms. The maximum Gasteiger partial charge on any atom is 0.335 e. The number of fused-ring (bicyclic) bond motifs is 1. The minimum absolute atomic E-state index is 0.0163. The van der Waals surface area contributed by atoms with Crippen molar-refractivity contribution in [2.75, 3.05) is 7.11 Å². The van der Waals surface area contributed by atoms with Crippen LogP contribution in [0.3, 0.4) is 0 Å². The van der Waals surface area contributed by atoms with Crippen LogP contribution in [0.2, 0.25) is 0 Å². The molecular weight excluding hydrogens is 340 g/mol. The van der Waals surface area contributed by atoms with E-state index >= 15 is 0 Å². The van der Waals surface area contributed by atoms with Gasteiger partial charge in [0, 0.05) is 16.5 Å². The lowest BCUT2D eigenvalue weighted by atomic mass is 9.82. The maximum absolute atomic E-state index is 11.7. The van der Waals surface area contributed by atoms with Gasteiger partial charge in [0.25, 0.3) is 0 Å². The van der Waals surface area contributed by atoms with E-state index in [9.17, 15) is 4.79 Å². The molecule has 27 heavy (non-hydrogen) atoms. The SMILES string of the molecule is C=C(Cn1ncc2c(C)cc(C3=CC(C)(C)NC(C)(C)C3)nc21)C(=O)OC. The molecule has 0 bridgehead atoms. The number of hydrogen-bond donors (Lipinski definition) is 1. The lowest BCUT2D eigenvalue weighted by molar-refractivity contribution is -0.136. The number of rotatable bonds is 4. The first-order valence-electron chi connectivity index (χ1n) is 9.12. The summed E-state index contributed by atoms with van der Waals surface area (Å²) < 4.78 is 6.46. The van der Waals surface area contributed by atoms with Crippen molar-refractivity contribution in [2.24, 2.45) is 0 Å². The molecule has 0 radical (unpaired) electrons. The number of nitrogens with one attached hydrogen (secondary N) is 1. The Labute approximate surface area is 160 Å². The highest BCUT2D eigenvalue weighted by Gasteiger charge is 2.33. The molecule has 6 heteroatoms. The molecule has 0 aromatic carbocycles. The van der Waals surface area contributed by atoms with Gasteiger partial charge in [0.1, 0.15) is 0 Å². The van der Waals surface area contributed by atoms with E-state index in [-0.39, 0.29) is 17.6 Å². The van der Waals surface area contributed by atoms with Crippen molar-refractivity contribution >= 4 is 22.6 Å². The summed E-state index contributed by atoms with van der Waals surface area (Å²) in [6.07, 6.45) is 4.92. The van der Waals surface area contributed by atoms with E-state index in [4.69, 9.17) is 9.72 Å². The van der Waals surface area contributed by atoms with Gasteiger partial charge >= 0.3 is 5.97 Å². The zero-order valence-electron chi connectivity index (χ0n) is 17.0. The molecule has 3 rings (SSSR count). The van der Waals surface area contributed by atoms with Crippen molar-refractivity contribution in [1.29, 1.82) is 0 Å². The average molecular weight is 368 g/mol. The third kappa shape index (κ3) is 3.95. The van der Waals surface area contributed by atoms with Gasteiger partial charge in [0.05, 0.1) is 31.1 Å². The fraction of sp³-hybridized carbons (Fsp3) is 0.476. The molecule has 2 aromatic rings. The third-order valence-corrected chi connectivity index (χ3v) is 4.79. The number of hydrogen-bond acceptors (Lipinski definition) is 5. The first-order valence-corrected chi connectivity index (χ1v) is 9.12. The van der Waals surface area contributed by atoms with E-state index in [2.05, 4.69) is 63.8 Å². The normalized spacial score (nSPS) is 18.2. The number of nitrogens with zero attached hydrogens (tertiary/aromatic N) is 3. The molecule has 144 valence electrons. The molecule has 2 aromatic heterocycles. The van der Waals surface area contributed by atoms with Crippen LogP contribution >= 0.6 is 0 Å². The van der Waals surface area contributed by atoms with Crippen LogP contribution in [-0.4, -0.2) is 38.9 Å². The minimum atomic E-state index is -0.434. The van der Waals surface area contributed by atoms with E-state index < -0.39 is 5.97 Å². The van der Waals surface area contributed by atoms with Crippen molar-refractivity contribution in [2.45, 2.75) is 58.7 Å². The molecule has 0 fully saturated rings. The monoisotopic (exact) mass is 368 g/mol. The first kappa shape index (κ1) is 19.3. The van der Waals surface area contributed by atoms with Crippen LogP contribution in [0.25, 0.3) is 16.6 Å². The predicted molar refractivity (Wildman–Crippen MR) is 107 cm³/mol. The van der Waals surface area contributed by atoms with Crippen LogP contribution in [0.15, 0.2) is 30.5 Å². The Kier molecular flexibility index (Phi) is 4.72. The summed E-state index contributed by atoms with van der Waals surface area (Å²) in [5, 5.41) is 9.04. The minimum Gasteiger partial charge on any atom is -0.466 e.